The number of rotatable bonds is 3. The van der Waals surface area contributed by atoms with Gasteiger partial charge in [0, 0.05) is 22.8 Å². The number of carbonyl (C=O) groups excluding carboxylic acids is 1. The van der Waals surface area contributed by atoms with Crippen LogP contribution in [0.2, 0.25) is 0 Å². The summed E-state index contributed by atoms with van der Waals surface area (Å²) >= 11 is 3.13. The molecule has 1 aliphatic carbocycles. The van der Waals surface area contributed by atoms with Gasteiger partial charge in [0.1, 0.15) is 5.82 Å². The van der Waals surface area contributed by atoms with Gasteiger partial charge in [0.05, 0.1) is 17.4 Å². The van der Waals surface area contributed by atoms with Crippen molar-refractivity contribution in [2.24, 2.45) is 7.05 Å². The van der Waals surface area contributed by atoms with Crippen LogP contribution in [0, 0.1) is 5.82 Å². The van der Waals surface area contributed by atoms with E-state index in [2.05, 4.69) is 15.9 Å². The molecular weight excluding hydrogens is 407 g/mol. The van der Waals surface area contributed by atoms with Gasteiger partial charge in [-0.05, 0) is 61.2 Å². The highest BCUT2D eigenvalue weighted by atomic mass is 79.9. The Bertz CT molecular complexity index is 1020. The molecule has 26 heavy (non-hydrogen) atoms. The van der Waals surface area contributed by atoms with Crippen LogP contribution in [0.25, 0.3) is 5.69 Å². The average Bonchev–Trinajstić information content (AvgIpc) is 3.04. The Morgan fingerprint density at radius 1 is 1.27 bits per heavy atom. The number of benzene rings is 1. The Balaban J connectivity index is 2.26. The first-order valence-corrected chi connectivity index (χ1v) is 9.05. The van der Waals surface area contributed by atoms with Crippen molar-refractivity contribution >= 4 is 21.9 Å². The summed E-state index contributed by atoms with van der Waals surface area (Å²) in [5, 5.41) is 0. The summed E-state index contributed by atoms with van der Waals surface area (Å²) in [5.41, 5.74) is -0.187. The first kappa shape index (κ1) is 18.6. The van der Waals surface area contributed by atoms with Gasteiger partial charge in [0.15, 0.2) is 0 Å². The third-order valence-corrected chi connectivity index (χ3v) is 5.03. The van der Waals surface area contributed by atoms with Crippen molar-refractivity contribution in [3.63, 3.8) is 0 Å². The van der Waals surface area contributed by atoms with E-state index in [4.69, 9.17) is 4.74 Å². The van der Waals surface area contributed by atoms with Crippen molar-refractivity contribution in [2.45, 2.75) is 39.2 Å². The topological polar surface area (TPSA) is 70.3 Å². The zero-order valence-corrected chi connectivity index (χ0v) is 16.2. The fourth-order valence-corrected chi connectivity index (χ4v) is 3.65. The van der Waals surface area contributed by atoms with Crippen LogP contribution in [-0.4, -0.2) is 21.2 Å². The van der Waals surface area contributed by atoms with Gasteiger partial charge >= 0.3 is 11.7 Å². The highest BCUT2D eigenvalue weighted by Crippen LogP contribution is 2.25. The predicted molar refractivity (Wildman–Crippen MR) is 97.5 cm³/mol. The van der Waals surface area contributed by atoms with Crippen molar-refractivity contribution in [3.8, 4) is 5.69 Å². The summed E-state index contributed by atoms with van der Waals surface area (Å²) < 4.78 is 22.1. The number of hydrogen-bond donors (Lipinski definition) is 0. The lowest BCUT2D eigenvalue weighted by molar-refractivity contribution is 0.0376. The number of aromatic nitrogens is 2. The number of esters is 1. The molecule has 6 nitrogen and oxygen atoms in total. The minimum absolute atomic E-state index is 0.0459. The maximum absolute atomic E-state index is 14.6. The monoisotopic (exact) mass is 424 g/mol. The van der Waals surface area contributed by atoms with Crippen LogP contribution in [-0.2, 0) is 24.6 Å². The molecular formula is C18H18BrFN2O4. The Labute approximate surface area is 157 Å². The SMILES string of the molecule is CC(C)OC(=O)c1cc(-n2c(=O)c3c(n(C)c2=O)CCC3)c(F)cc1Br. The van der Waals surface area contributed by atoms with E-state index in [0.717, 1.165) is 17.1 Å². The zero-order chi connectivity index (χ0) is 19.2. The fourth-order valence-electron chi connectivity index (χ4n) is 3.17. The third kappa shape index (κ3) is 3.02. The van der Waals surface area contributed by atoms with Gasteiger partial charge in [-0.25, -0.2) is 18.5 Å². The Morgan fingerprint density at radius 2 is 1.96 bits per heavy atom. The average molecular weight is 425 g/mol. The van der Waals surface area contributed by atoms with Crippen LogP contribution in [0.1, 0.15) is 41.9 Å². The molecule has 3 rings (SSSR count). The van der Waals surface area contributed by atoms with E-state index in [0.29, 0.717) is 24.1 Å². The predicted octanol–water partition coefficient (Wildman–Crippen LogP) is 2.49. The molecule has 1 aromatic carbocycles. The quantitative estimate of drug-likeness (QED) is 0.709. The van der Waals surface area contributed by atoms with Gasteiger partial charge in [-0.15, -0.1) is 0 Å². The number of hydrogen-bond acceptors (Lipinski definition) is 4. The lowest BCUT2D eigenvalue weighted by Gasteiger charge is -2.15. The second kappa shape index (κ2) is 6.83. The maximum Gasteiger partial charge on any atom is 0.339 e. The zero-order valence-electron chi connectivity index (χ0n) is 14.6. The molecule has 0 radical (unpaired) electrons. The molecule has 0 aliphatic heterocycles. The lowest BCUT2D eigenvalue weighted by atomic mass is 10.1. The van der Waals surface area contributed by atoms with Crippen LogP contribution >= 0.6 is 15.9 Å². The second-order valence-corrected chi connectivity index (χ2v) is 7.35. The largest absolute Gasteiger partial charge is 0.459 e. The normalized spacial score (nSPS) is 13.2. The smallest absolute Gasteiger partial charge is 0.339 e. The van der Waals surface area contributed by atoms with E-state index in [1.807, 2.05) is 0 Å². The molecule has 2 aromatic rings. The van der Waals surface area contributed by atoms with Crippen molar-refractivity contribution < 1.29 is 13.9 Å². The van der Waals surface area contributed by atoms with Crippen LogP contribution in [0.5, 0.6) is 0 Å². The molecule has 8 heteroatoms. The minimum atomic E-state index is -0.782. The van der Waals surface area contributed by atoms with Crippen LogP contribution in [0.3, 0.4) is 0 Å². The van der Waals surface area contributed by atoms with Crippen molar-refractivity contribution in [3.05, 3.63) is 60.1 Å². The highest BCUT2D eigenvalue weighted by molar-refractivity contribution is 9.10. The minimum Gasteiger partial charge on any atom is -0.459 e. The van der Waals surface area contributed by atoms with Gasteiger partial charge in [-0.1, -0.05) is 0 Å². The number of carbonyl (C=O) groups is 1. The van der Waals surface area contributed by atoms with Crippen LogP contribution < -0.4 is 11.2 Å². The summed E-state index contributed by atoms with van der Waals surface area (Å²) in [5.74, 6) is -1.45. The molecule has 1 aromatic heterocycles. The molecule has 0 atom stereocenters. The van der Waals surface area contributed by atoms with Crippen LogP contribution in [0.4, 0.5) is 4.39 Å². The number of fused-ring (bicyclic) bond motifs is 1. The summed E-state index contributed by atoms with van der Waals surface area (Å²) in [6, 6.07) is 2.24. The van der Waals surface area contributed by atoms with Gasteiger partial charge in [0.25, 0.3) is 5.56 Å². The molecule has 0 saturated heterocycles. The van der Waals surface area contributed by atoms with E-state index in [1.165, 1.54) is 10.6 Å². The molecule has 0 bridgehead atoms. The standard InChI is InChI=1S/C18H18BrFN2O4/c1-9(2)26-17(24)11-7-15(13(20)8-12(11)19)22-16(23)10-5-4-6-14(10)21(3)18(22)25/h7-9H,4-6H2,1-3H3. The number of halogens is 2. The van der Waals surface area contributed by atoms with Crippen molar-refractivity contribution in [1.29, 1.82) is 0 Å². The molecule has 1 heterocycles. The Kier molecular flexibility index (Phi) is 4.88. The summed E-state index contributed by atoms with van der Waals surface area (Å²) in [4.78, 5) is 37.7. The first-order valence-electron chi connectivity index (χ1n) is 8.26. The molecule has 0 saturated carbocycles. The van der Waals surface area contributed by atoms with Crippen molar-refractivity contribution in [1.82, 2.24) is 9.13 Å². The van der Waals surface area contributed by atoms with E-state index in [-0.39, 0.29) is 21.8 Å². The molecule has 0 spiro atoms. The van der Waals surface area contributed by atoms with Crippen LogP contribution in [0.15, 0.2) is 26.2 Å². The van der Waals surface area contributed by atoms with Gasteiger partial charge in [-0.2, -0.15) is 0 Å². The number of ether oxygens (including phenoxy) is 1. The summed E-state index contributed by atoms with van der Waals surface area (Å²) in [6.07, 6.45) is 1.60. The summed E-state index contributed by atoms with van der Waals surface area (Å²) in [6.45, 7) is 3.38. The van der Waals surface area contributed by atoms with Gasteiger partial charge < -0.3 is 9.30 Å². The van der Waals surface area contributed by atoms with E-state index in [1.54, 1.807) is 20.9 Å². The van der Waals surface area contributed by atoms with E-state index in [9.17, 15) is 18.8 Å². The molecule has 0 unspecified atom stereocenters. The summed E-state index contributed by atoms with van der Waals surface area (Å²) in [7, 11) is 1.56. The molecule has 0 N–H and O–H groups in total. The van der Waals surface area contributed by atoms with Crippen molar-refractivity contribution in [2.75, 3.05) is 0 Å². The molecule has 1 aliphatic rings. The Morgan fingerprint density at radius 3 is 2.62 bits per heavy atom. The third-order valence-electron chi connectivity index (χ3n) is 4.37. The molecule has 0 amide bonds. The molecule has 138 valence electrons. The number of nitrogens with zero attached hydrogens (tertiary/aromatic N) is 2. The van der Waals surface area contributed by atoms with E-state index < -0.39 is 23.0 Å². The van der Waals surface area contributed by atoms with Gasteiger partial charge in [0.2, 0.25) is 0 Å². The molecule has 0 fully saturated rings. The van der Waals surface area contributed by atoms with Gasteiger partial charge in [-0.3, -0.25) is 4.79 Å². The maximum atomic E-state index is 14.6. The highest BCUT2D eigenvalue weighted by Gasteiger charge is 2.25. The van der Waals surface area contributed by atoms with E-state index >= 15 is 0 Å². The Hall–Kier alpha value is -2.22. The lowest BCUT2D eigenvalue weighted by Crippen LogP contribution is -2.41. The second-order valence-electron chi connectivity index (χ2n) is 6.50. The first-order chi connectivity index (χ1) is 12.2. The fraction of sp³-hybridized carbons (Fsp3) is 0.389.